The lowest BCUT2D eigenvalue weighted by Gasteiger charge is -2.14. The fraction of sp³-hybridized carbons (Fsp3) is 0.250. The Morgan fingerprint density at radius 2 is 1.89 bits per heavy atom. The second kappa shape index (κ2) is 8.75. The number of carbonyl (C=O) groups excluding carboxylic acids is 1. The number of carbonyl (C=O) groups is 1. The SMILES string of the molecule is COc1ccc(-c2noc(CN(C)C(=O)Cc3ccc(Cl)cc3)n2)c(OC)c1. The molecule has 0 fully saturated rings. The van der Waals surface area contributed by atoms with Crippen molar-refractivity contribution in [1.29, 1.82) is 0 Å². The summed E-state index contributed by atoms with van der Waals surface area (Å²) in [7, 11) is 4.83. The van der Waals surface area contributed by atoms with Gasteiger partial charge in [-0.1, -0.05) is 28.9 Å². The fourth-order valence-electron chi connectivity index (χ4n) is 2.61. The van der Waals surface area contributed by atoms with E-state index in [0.29, 0.717) is 33.8 Å². The van der Waals surface area contributed by atoms with Gasteiger partial charge in [-0.05, 0) is 29.8 Å². The standard InChI is InChI=1S/C20H20ClN3O4/c1-24(19(25)10-13-4-6-14(21)7-5-13)12-18-22-20(23-28-18)16-9-8-15(26-2)11-17(16)27-3/h4-9,11H,10,12H2,1-3H3. The molecule has 0 atom stereocenters. The molecule has 146 valence electrons. The van der Waals surface area contributed by atoms with Gasteiger partial charge in [0.2, 0.25) is 17.6 Å². The van der Waals surface area contributed by atoms with Gasteiger partial charge >= 0.3 is 0 Å². The van der Waals surface area contributed by atoms with E-state index in [2.05, 4.69) is 10.1 Å². The summed E-state index contributed by atoms with van der Waals surface area (Å²) >= 11 is 5.87. The van der Waals surface area contributed by atoms with Crippen LogP contribution >= 0.6 is 11.6 Å². The van der Waals surface area contributed by atoms with Crippen LogP contribution < -0.4 is 9.47 Å². The van der Waals surface area contributed by atoms with Gasteiger partial charge in [0, 0.05) is 18.1 Å². The molecular formula is C20H20ClN3O4. The maximum Gasteiger partial charge on any atom is 0.246 e. The number of likely N-dealkylation sites (N-methyl/N-ethyl adjacent to an activating group) is 1. The van der Waals surface area contributed by atoms with Crippen molar-refractivity contribution in [2.75, 3.05) is 21.3 Å². The maximum absolute atomic E-state index is 12.4. The Kier molecular flexibility index (Phi) is 6.16. The molecule has 0 N–H and O–H groups in total. The van der Waals surface area contributed by atoms with Gasteiger partial charge in [0.05, 0.1) is 32.7 Å². The molecule has 8 heteroatoms. The van der Waals surface area contributed by atoms with Crippen LogP contribution in [0.15, 0.2) is 47.0 Å². The first kappa shape index (κ1) is 19.7. The first-order valence-corrected chi connectivity index (χ1v) is 8.91. The second-order valence-corrected chi connectivity index (χ2v) is 6.57. The summed E-state index contributed by atoms with van der Waals surface area (Å²) in [5, 5.41) is 4.63. The monoisotopic (exact) mass is 401 g/mol. The predicted octanol–water partition coefficient (Wildman–Crippen LogP) is 3.61. The number of rotatable bonds is 7. The van der Waals surface area contributed by atoms with Crippen molar-refractivity contribution in [3.05, 3.63) is 58.9 Å². The van der Waals surface area contributed by atoms with Crippen LogP contribution in [0.25, 0.3) is 11.4 Å². The number of amides is 1. The number of aromatic nitrogens is 2. The second-order valence-electron chi connectivity index (χ2n) is 6.13. The minimum Gasteiger partial charge on any atom is -0.497 e. The first-order chi connectivity index (χ1) is 13.5. The van der Waals surface area contributed by atoms with E-state index in [1.54, 1.807) is 51.6 Å². The summed E-state index contributed by atoms with van der Waals surface area (Å²) < 4.78 is 15.9. The molecule has 0 saturated heterocycles. The average molecular weight is 402 g/mol. The summed E-state index contributed by atoms with van der Waals surface area (Å²) in [6, 6.07) is 12.5. The fourth-order valence-corrected chi connectivity index (χ4v) is 2.74. The van der Waals surface area contributed by atoms with Gasteiger partial charge in [0.25, 0.3) is 0 Å². The smallest absolute Gasteiger partial charge is 0.246 e. The van der Waals surface area contributed by atoms with Crippen molar-refractivity contribution < 1.29 is 18.8 Å². The highest BCUT2D eigenvalue weighted by Crippen LogP contribution is 2.31. The molecule has 0 spiro atoms. The Labute approximate surface area is 167 Å². The lowest BCUT2D eigenvalue weighted by atomic mass is 10.1. The topological polar surface area (TPSA) is 77.7 Å². The molecule has 0 aliphatic carbocycles. The molecule has 0 radical (unpaired) electrons. The van der Waals surface area contributed by atoms with Crippen molar-refractivity contribution in [3.8, 4) is 22.9 Å². The molecule has 1 heterocycles. The molecule has 0 unspecified atom stereocenters. The van der Waals surface area contributed by atoms with Gasteiger partial charge in [0.1, 0.15) is 11.5 Å². The van der Waals surface area contributed by atoms with E-state index >= 15 is 0 Å². The molecular weight excluding hydrogens is 382 g/mol. The molecule has 3 aromatic rings. The Morgan fingerprint density at radius 1 is 1.14 bits per heavy atom. The highest BCUT2D eigenvalue weighted by molar-refractivity contribution is 6.30. The van der Waals surface area contributed by atoms with E-state index in [9.17, 15) is 4.79 Å². The van der Waals surface area contributed by atoms with E-state index in [4.69, 9.17) is 25.6 Å². The molecule has 1 aromatic heterocycles. The third kappa shape index (κ3) is 4.61. The molecule has 0 bridgehead atoms. The van der Waals surface area contributed by atoms with Crippen molar-refractivity contribution in [2.24, 2.45) is 0 Å². The zero-order valence-corrected chi connectivity index (χ0v) is 16.6. The van der Waals surface area contributed by atoms with E-state index in [1.165, 1.54) is 4.90 Å². The van der Waals surface area contributed by atoms with Crippen LogP contribution in [-0.2, 0) is 17.8 Å². The van der Waals surface area contributed by atoms with Crippen molar-refractivity contribution >= 4 is 17.5 Å². The third-order valence-corrected chi connectivity index (χ3v) is 4.44. The average Bonchev–Trinajstić information content (AvgIpc) is 3.17. The number of hydrogen-bond donors (Lipinski definition) is 0. The molecule has 0 aliphatic rings. The van der Waals surface area contributed by atoms with Crippen molar-refractivity contribution in [2.45, 2.75) is 13.0 Å². The first-order valence-electron chi connectivity index (χ1n) is 8.53. The van der Waals surface area contributed by atoms with E-state index in [1.807, 2.05) is 12.1 Å². The quantitative estimate of drug-likeness (QED) is 0.601. The van der Waals surface area contributed by atoms with Crippen LogP contribution in [-0.4, -0.2) is 42.2 Å². The Bertz CT molecular complexity index is 956. The van der Waals surface area contributed by atoms with Gasteiger partial charge in [-0.3, -0.25) is 4.79 Å². The number of halogens is 1. The van der Waals surface area contributed by atoms with Gasteiger partial charge in [-0.2, -0.15) is 4.98 Å². The van der Waals surface area contributed by atoms with Crippen molar-refractivity contribution in [1.82, 2.24) is 15.0 Å². The molecule has 1 amide bonds. The zero-order valence-electron chi connectivity index (χ0n) is 15.8. The highest BCUT2D eigenvalue weighted by Gasteiger charge is 2.17. The summed E-state index contributed by atoms with van der Waals surface area (Å²) in [4.78, 5) is 18.3. The third-order valence-electron chi connectivity index (χ3n) is 4.18. The van der Waals surface area contributed by atoms with Crippen LogP contribution in [0, 0.1) is 0 Å². The van der Waals surface area contributed by atoms with E-state index < -0.39 is 0 Å². The number of ether oxygens (including phenoxy) is 2. The lowest BCUT2D eigenvalue weighted by molar-refractivity contribution is -0.130. The van der Waals surface area contributed by atoms with Gasteiger partial charge in [0.15, 0.2) is 0 Å². The van der Waals surface area contributed by atoms with Crippen molar-refractivity contribution in [3.63, 3.8) is 0 Å². The lowest BCUT2D eigenvalue weighted by Crippen LogP contribution is -2.27. The van der Waals surface area contributed by atoms with E-state index in [0.717, 1.165) is 5.56 Å². The Balaban J connectivity index is 1.68. The number of methoxy groups -OCH3 is 2. The van der Waals surface area contributed by atoms with E-state index in [-0.39, 0.29) is 18.9 Å². The molecule has 28 heavy (non-hydrogen) atoms. The highest BCUT2D eigenvalue weighted by atomic mass is 35.5. The van der Waals surface area contributed by atoms with Crippen LogP contribution in [0.1, 0.15) is 11.5 Å². The normalized spacial score (nSPS) is 10.6. The summed E-state index contributed by atoms with van der Waals surface area (Å²) in [5.74, 6) is 1.88. The molecule has 3 rings (SSSR count). The summed E-state index contributed by atoms with van der Waals surface area (Å²) in [6.07, 6.45) is 0.265. The van der Waals surface area contributed by atoms with Crippen LogP contribution in [0.2, 0.25) is 5.02 Å². The predicted molar refractivity (Wildman–Crippen MR) is 104 cm³/mol. The van der Waals surface area contributed by atoms with Gasteiger partial charge in [-0.25, -0.2) is 0 Å². The molecule has 0 aliphatic heterocycles. The number of benzene rings is 2. The molecule has 2 aromatic carbocycles. The summed E-state index contributed by atoms with van der Waals surface area (Å²) in [5.41, 5.74) is 1.56. The zero-order chi connectivity index (χ0) is 20.1. The Hall–Kier alpha value is -3.06. The largest absolute Gasteiger partial charge is 0.497 e. The molecule has 0 saturated carbocycles. The summed E-state index contributed by atoms with van der Waals surface area (Å²) in [6.45, 7) is 0.206. The van der Waals surface area contributed by atoms with Crippen LogP contribution in [0.5, 0.6) is 11.5 Å². The molecule has 7 nitrogen and oxygen atoms in total. The minimum absolute atomic E-state index is 0.0656. The van der Waals surface area contributed by atoms with Gasteiger partial charge in [-0.15, -0.1) is 0 Å². The Morgan fingerprint density at radius 3 is 2.57 bits per heavy atom. The minimum atomic E-state index is -0.0656. The van der Waals surface area contributed by atoms with Crippen LogP contribution in [0.4, 0.5) is 0 Å². The number of nitrogens with zero attached hydrogens (tertiary/aromatic N) is 3. The van der Waals surface area contributed by atoms with Crippen LogP contribution in [0.3, 0.4) is 0 Å². The maximum atomic E-state index is 12.4. The van der Waals surface area contributed by atoms with Gasteiger partial charge < -0.3 is 18.9 Å². The number of hydrogen-bond acceptors (Lipinski definition) is 6.